The Balaban J connectivity index is 0.000000606. The number of allylic oxidation sites excluding steroid dienone is 2. The molecule has 0 saturated heterocycles. The topological polar surface area (TPSA) is 34.9 Å². The van der Waals surface area contributed by atoms with Crippen LogP contribution in [0.2, 0.25) is 0 Å². The molecular formula is C13H18N2O. The van der Waals surface area contributed by atoms with Crippen molar-refractivity contribution in [2.75, 3.05) is 0 Å². The zero-order chi connectivity index (χ0) is 12.1. The molecule has 0 N–H and O–H groups in total. The van der Waals surface area contributed by atoms with Gasteiger partial charge in [0.15, 0.2) is 0 Å². The molecule has 0 amide bonds. The van der Waals surface area contributed by atoms with Crippen LogP contribution in [0.5, 0.6) is 0 Å². The first-order valence-corrected chi connectivity index (χ1v) is 5.61. The van der Waals surface area contributed by atoms with Crippen molar-refractivity contribution >= 4 is 12.2 Å². The van der Waals surface area contributed by atoms with Crippen LogP contribution in [0.4, 0.5) is 0 Å². The zero-order valence-corrected chi connectivity index (χ0v) is 10.3. The first-order chi connectivity index (χ1) is 7.70. The lowest BCUT2D eigenvalue weighted by Gasteiger charge is -2.06. The third-order valence-electron chi connectivity index (χ3n) is 2.41. The Morgan fingerprint density at radius 1 is 1.25 bits per heavy atom. The molecule has 3 heteroatoms. The van der Waals surface area contributed by atoms with E-state index in [4.69, 9.17) is 0 Å². The monoisotopic (exact) mass is 218 g/mol. The predicted molar refractivity (Wildman–Crippen MR) is 68.2 cm³/mol. The molecule has 0 atom stereocenters. The lowest BCUT2D eigenvalue weighted by molar-refractivity contribution is 0.769. The van der Waals surface area contributed by atoms with Crippen molar-refractivity contribution in [3.05, 3.63) is 39.6 Å². The fourth-order valence-electron chi connectivity index (χ4n) is 1.47. The second-order valence-electron chi connectivity index (χ2n) is 3.36. The van der Waals surface area contributed by atoms with Gasteiger partial charge in [-0.15, -0.1) is 0 Å². The number of aromatic nitrogens is 2. The average molecular weight is 218 g/mol. The van der Waals surface area contributed by atoms with Crippen molar-refractivity contribution in [1.82, 2.24) is 9.55 Å². The van der Waals surface area contributed by atoms with Crippen molar-refractivity contribution in [2.24, 2.45) is 7.05 Å². The van der Waals surface area contributed by atoms with Gasteiger partial charge in [0.05, 0.1) is 11.3 Å². The van der Waals surface area contributed by atoms with E-state index in [2.05, 4.69) is 4.98 Å². The van der Waals surface area contributed by atoms with Crippen molar-refractivity contribution in [2.45, 2.75) is 27.2 Å². The molecule has 86 valence electrons. The maximum Gasteiger partial charge on any atom is 0.261 e. The Morgan fingerprint density at radius 3 is 2.56 bits per heavy atom. The quantitative estimate of drug-likeness (QED) is 0.670. The van der Waals surface area contributed by atoms with Gasteiger partial charge in [0, 0.05) is 7.05 Å². The summed E-state index contributed by atoms with van der Waals surface area (Å²) in [7, 11) is 1.74. The third kappa shape index (κ3) is 2.30. The van der Waals surface area contributed by atoms with Gasteiger partial charge in [-0.05, 0) is 19.4 Å². The summed E-state index contributed by atoms with van der Waals surface area (Å²) >= 11 is 0. The number of fused-ring (bicyclic) bond motifs is 1. The summed E-state index contributed by atoms with van der Waals surface area (Å²) in [6.07, 6.45) is 8.60. The van der Waals surface area contributed by atoms with Gasteiger partial charge in [0.25, 0.3) is 5.56 Å². The minimum atomic E-state index is 0.0234. The van der Waals surface area contributed by atoms with Crippen LogP contribution in [0.25, 0.3) is 12.2 Å². The number of rotatable bonds is 0. The summed E-state index contributed by atoms with van der Waals surface area (Å²) < 4.78 is 1.57. The molecule has 1 aliphatic rings. The van der Waals surface area contributed by atoms with Gasteiger partial charge in [-0.2, -0.15) is 0 Å². The summed E-state index contributed by atoms with van der Waals surface area (Å²) in [5.41, 5.74) is 1.49. The highest BCUT2D eigenvalue weighted by molar-refractivity contribution is 5.63. The third-order valence-corrected chi connectivity index (χ3v) is 2.41. The van der Waals surface area contributed by atoms with Crippen LogP contribution in [-0.4, -0.2) is 9.55 Å². The first-order valence-electron chi connectivity index (χ1n) is 5.61. The molecule has 0 radical (unpaired) electrons. The van der Waals surface area contributed by atoms with Gasteiger partial charge < -0.3 is 0 Å². The van der Waals surface area contributed by atoms with Crippen LogP contribution in [0.3, 0.4) is 0 Å². The second-order valence-corrected chi connectivity index (χ2v) is 3.36. The van der Waals surface area contributed by atoms with E-state index in [1.54, 1.807) is 11.6 Å². The van der Waals surface area contributed by atoms with E-state index in [1.807, 2.05) is 45.1 Å². The molecule has 0 bridgehead atoms. The molecule has 1 aliphatic carbocycles. The maximum atomic E-state index is 11.8. The lowest BCUT2D eigenvalue weighted by atomic mass is 10.2. The molecule has 3 nitrogen and oxygen atoms in total. The van der Waals surface area contributed by atoms with E-state index >= 15 is 0 Å². The van der Waals surface area contributed by atoms with Gasteiger partial charge in [-0.3, -0.25) is 9.36 Å². The van der Waals surface area contributed by atoms with Crippen LogP contribution in [0.15, 0.2) is 16.9 Å². The molecule has 0 unspecified atom stereocenters. The molecule has 1 aromatic heterocycles. The zero-order valence-electron chi connectivity index (χ0n) is 10.3. The number of nitrogens with zero attached hydrogens (tertiary/aromatic N) is 2. The smallest absolute Gasteiger partial charge is 0.261 e. The van der Waals surface area contributed by atoms with Crippen LogP contribution < -0.4 is 5.56 Å². The molecule has 1 heterocycles. The van der Waals surface area contributed by atoms with E-state index in [9.17, 15) is 4.79 Å². The lowest BCUT2D eigenvalue weighted by Crippen LogP contribution is -2.24. The highest BCUT2D eigenvalue weighted by Gasteiger charge is 2.08. The molecule has 0 aliphatic heterocycles. The fourth-order valence-corrected chi connectivity index (χ4v) is 1.47. The van der Waals surface area contributed by atoms with Gasteiger partial charge in [-0.25, -0.2) is 4.98 Å². The molecule has 16 heavy (non-hydrogen) atoms. The summed E-state index contributed by atoms with van der Waals surface area (Å²) in [4.78, 5) is 16.2. The van der Waals surface area contributed by atoms with Crippen LogP contribution >= 0.6 is 0 Å². The Kier molecular flexibility index (Phi) is 4.23. The van der Waals surface area contributed by atoms with Crippen LogP contribution in [-0.2, 0) is 7.05 Å². The molecule has 0 fully saturated rings. The highest BCUT2D eigenvalue weighted by atomic mass is 16.1. The van der Waals surface area contributed by atoms with Gasteiger partial charge in [-0.1, -0.05) is 32.1 Å². The van der Waals surface area contributed by atoms with Crippen molar-refractivity contribution in [1.29, 1.82) is 0 Å². The van der Waals surface area contributed by atoms with Crippen molar-refractivity contribution in [3.8, 4) is 0 Å². The molecule has 2 rings (SSSR count). The van der Waals surface area contributed by atoms with Crippen molar-refractivity contribution < 1.29 is 0 Å². The van der Waals surface area contributed by atoms with E-state index in [1.165, 1.54) is 0 Å². The van der Waals surface area contributed by atoms with Crippen molar-refractivity contribution in [3.63, 3.8) is 0 Å². The normalized spacial score (nSPS) is 12.5. The largest absolute Gasteiger partial charge is 0.299 e. The van der Waals surface area contributed by atoms with Gasteiger partial charge >= 0.3 is 0 Å². The minimum absolute atomic E-state index is 0.0234. The summed E-state index contributed by atoms with van der Waals surface area (Å²) in [6.45, 7) is 5.84. The Bertz CT molecular complexity index is 481. The minimum Gasteiger partial charge on any atom is -0.299 e. The molecule has 0 saturated carbocycles. The van der Waals surface area contributed by atoms with E-state index in [0.29, 0.717) is 5.56 Å². The fraction of sp³-hybridized carbons (Fsp3) is 0.385. The van der Waals surface area contributed by atoms with E-state index < -0.39 is 0 Å². The number of hydrogen-bond donors (Lipinski definition) is 0. The SMILES string of the molecule is CC.Cc1nc2c(c(=O)n1C)C=CCC=C2. The summed E-state index contributed by atoms with van der Waals surface area (Å²) in [5, 5.41) is 0. The second kappa shape index (κ2) is 5.45. The predicted octanol–water partition coefficient (Wildman–Crippen LogP) is 2.55. The molecular weight excluding hydrogens is 200 g/mol. The summed E-state index contributed by atoms with van der Waals surface area (Å²) in [6, 6.07) is 0. The Labute approximate surface area is 96.1 Å². The summed E-state index contributed by atoms with van der Waals surface area (Å²) in [5.74, 6) is 0.744. The van der Waals surface area contributed by atoms with Crippen LogP contribution in [0, 0.1) is 6.92 Å². The Hall–Kier alpha value is -1.64. The molecule has 0 aromatic carbocycles. The number of hydrogen-bond acceptors (Lipinski definition) is 2. The van der Waals surface area contributed by atoms with Gasteiger partial charge in [0.1, 0.15) is 5.82 Å². The van der Waals surface area contributed by atoms with Crippen LogP contribution in [0.1, 0.15) is 37.4 Å². The molecule has 0 spiro atoms. The standard InChI is InChI=1S/C11H12N2O.C2H6/c1-8-12-10-7-5-3-4-6-9(10)11(14)13(8)2;1-2/h4-7H,3H2,1-2H3;1-2H3. The van der Waals surface area contributed by atoms with Gasteiger partial charge in [0.2, 0.25) is 0 Å². The maximum absolute atomic E-state index is 11.8. The highest BCUT2D eigenvalue weighted by Crippen LogP contribution is 2.11. The Morgan fingerprint density at radius 2 is 1.88 bits per heavy atom. The number of aryl methyl sites for hydroxylation is 1. The van der Waals surface area contributed by atoms with E-state index in [0.717, 1.165) is 17.9 Å². The van der Waals surface area contributed by atoms with E-state index in [-0.39, 0.29) is 5.56 Å². The molecule has 1 aromatic rings. The first kappa shape index (κ1) is 12.4. The average Bonchev–Trinajstić information content (AvgIpc) is 2.54.